The van der Waals surface area contributed by atoms with E-state index in [1.807, 2.05) is 31.1 Å². The largest absolute Gasteiger partial charge is 0.508 e. The summed E-state index contributed by atoms with van der Waals surface area (Å²) in [5.41, 5.74) is 6.37. The van der Waals surface area contributed by atoms with Crippen molar-refractivity contribution in [2.75, 3.05) is 23.9 Å². The highest BCUT2D eigenvalue weighted by Gasteiger charge is 2.32. The molecule has 1 N–H and O–H groups in total. The van der Waals surface area contributed by atoms with Crippen LogP contribution in [0, 0.1) is 0 Å². The molecule has 3 aromatic carbocycles. The molecule has 0 radical (unpaired) electrons. The fourth-order valence-corrected chi connectivity index (χ4v) is 4.88. The first-order valence-electron chi connectivity index (χ1n) is 12.4. The first-order valence-corrected chi connectivity index (χ1v) is 12.4. The summed E-state index contributed by atoms with van der Waals surface area (Å²) >= 11 is 0. The number of aromatic hydroxyl groups is 1. The first-order chi connectivity index (χ1) is 16.5. The van der Waals surface area contributed by atoms with Crippen LogP contribution in [0.5, 0.6) is 5.75 Å². The Labute approximate surface area is 203 Å². The summed E-state index contributed by atoms with van der Waals surface area (Å²) in [6.45, 7) is 2.72. The number of aryl methyl sites for hydroxylation is 1. The first kappa shape index (κ1) is 23.9. The lowest BCUT2D eigenvalue weighted by Gasteiger charge is -2.31. The zero-order chi connectivity index (χ0) is 24.1. The molecule has 4 nitrogen and oxygen atoms in total. The van der Waals surface area contributed by atoms with Gasteiger partial charge in [-0.2, -0.15) is 0 Å². The Kier molecular flexibility index (Phi) is 7.56. The average Bonchev–Trinajstić information content (AvgIpc) is 2.86. The second-order valence-electron chi connectivity index (χ2n) is 9.54. The van der Waals surface area contributed by atoms with Crippen molar-refractivity contribution in [3.8, 4) is 5.75 Å². The molecule has 0 spiro atoms. The van der Waals surface area contributed by atoms with Crippen molar-refractivity contribution in [1.82, 2.24) is 0 Å². The fraction of sp³-hybridized carbons (Fsp3) is 0.367. The molecule has 1 aliphatic rings. The summed E-state index contributed by atoms with van der Waals surface area (Å²) in [7, 11) is 4.06. The van der Waals surface area contributed by atoms with Crippen LogP contribution in [0.25, 0.3) is 0 Å². The van der Waals surface area contributed by atoms with Gasteiger partial charge in [0.1, 0.15) is 5.75 Å². The van der Waals surface area contributed by atoms with Crippen molar-refractivity contribution in [1.29, 1.82) is 0 Å². The molecule has 1 aliphatic carbocycles. The summed E-state index contributed by atoms with van der Waals surface area (Å²) < 4.78 is 0. The molecule has 178 valence electrons. The van der Waals surface area contributed by atoms with E-state index in [0.29, 0.717) is 12.3 Å². The average molecular weight is 457 g/mol. The highest BCUT2D eigenvalue weighted by atomic mass is 16.3. The maximum absolute atomic E-state index is 14.0. The number of rotatable bonds is 8. The number of benzene rings is 3. The van der Waals surface area contributed by atoms with Crippen LogP contribution in [0.4, 0.5) is 11.4 Å². The van der Waals surface area contributed by atoms with E-state index in [9.17, 15) is 9.90 Å². The van der Waals surface area contributed by atoms with Gasteiger partial charge in [-0.25, -0.2) is 0 Å². The van der Waals surface area contributed by atoms with Gasteiger partial charge in [0.25, 0.3) is 0 Å². The summed E-state index contributed by atoms with van der Waals surface area (Å²) in [6.07, 6.45) is 5.93. The highest BCUT2D eigenvalue weighted by molar-refractivity contribution is 5.98. The van der Waals surface area contributed by atoms with Gasteiger partial charge >= 0.3 is 0 Å². The summed E-state index contributed by atoms with van der Waals surface area (Å²) in [5, 5.41) is 10.4. The molecular formula is C30H36N2O2. The van der Waals surface area contributed by atoms with Crippen molar-refractivity contribution in [2.24, 2.45) is 0 Å². The third-order valence-electron chi connectivity index (χ3n) is 6.91. The molecule has 0 bridgehead atoms. The van der Waals surface area contributed by atoms with Gasteiger partial charge in [-0.15, -0.1) is 0 Å². The minimum atomic E-state index is -0.239. The minimum Gasteiger partial charge on any atom is -0.508 e. The van der Waals surface area contributed by atoms with Crippen molar-refractivity contribution in [3.63, 3.8) is 0 Å². The molecule has 1 amide bonds. The number of carbonyl (C=O) groups is 1. The molecule has 1 atom stereocenters. The van der Waals surface area contributed by atoms with E-state index < -0.39 is 0 Å². The van der Waals surface area contributed by atoms with E-state index in [1.54, 1.807) is 6.07 Å². The van der Waals surface area contributed by atoms with Crippen LogP contribution in [0.1, 0.15) is 60.8 Å². The van der Waals surface area contributed by atoms with Gasteiger partial charge in [0, 0.05) is 25.5 Å². The highest BCUT2D eigenvalue weighted by Crippen LogP contribution is 2.38. The lowest BCUT2D eigenvalue weighted by atomic mass is 9.81. The molecule has 4 heteroatoms. The number of phenols is 1. The minimum absolute atomic E-state index is 0.101. The quantitative estimate of drug-likeness (QED) is 0.423. The Morgan fingerprint density at radius 1 is 0.941 bits per heavy atom. The number of amides is 1. The number of unbranched alkanes of at least 4 members (excludes halogenated alkanes) is 1. The lowest BCUT2D eigenvalue weighted by Crippen LogP contribution is -2.36. The summed E-state index contributed by atoms with van der Waals surface area (Å²) in [5.74, 6) is 0.169. The number of hydrogen-bond acceptors (Lipinski definition) is 3. The number of hydrogen-bond donors (Lipinski definition) is 1. The van der Waals surface area contributed by atoms with E-state index in [-0.39, 0.29) is 11.8 Å². The molecule has 0 aromatic heterocycles. The number of nitrogens with zero attached hydrogens (tertiary/aromatic N) is 2. The van der Waals surface area contributed by atoms with Crippen LogP contribution in [-0.2, 0) is 24.2 Å². The predicted molar refractivity (Wildman–Crippen MR) is 141 cm³/mol. The smallest absolute Gasteiger partial charge is 0.234 e. The second-order valence-corrected chi connectivity index (χ2v) is 9.54. The Hall–Kier alpha value is -3.27. The number of carbonyl (C=O) groups excluding carboxylic acids is 1. The third-order valence-corrected chi connectivity index (χ3v) is 6.91. The Morgan fingerprint density at radius 3 is 2.29 bits per heavy atom. The van der Waals surface area contributed by atoms with Gasteiger partial charge in [-0.3, -0.25) is 4.79 Å². The van der Waals surface area contributed by atoms with E-state index in [1.165, 1.54) is 18.4 Å². The van der Waals surface area contributed by atoms with Crippen molar-refractivity contribution < 1.29 is 9.90 Å². The number of anilines is 2. The van der Waals surface area contributed by atoms with Crippen molar-refractivity contribution in [3.05, 3.63) is 89.0 Å². The van der Waals surface area contributed by atoms with Gasteiger partial charge in [0.05, 0.1) is 12.5 Å². The number of phenolic OH excluding ortho intramolecular Hbond substituents is 1. The molecule has 0 aliphatic heterocycles. The number of fused-ring (bicyclic) bond motifs is 1. The van der Waals surface area contributed by atoms with Crippen LogP contribution in [0.2, 0.25) is 0 Å². The van der Waals surface area contributed by atoms with Crippen molar-refractivity contribution >= 4 is 17.3 Å². The topological polar surface area (TPSA) is 43.8 Å². The van der Waals surface area contributed by atoms with E-state index in [0.717, 1.165) is 53.7 Å². The Balaban J connectivity index is 1.66. The lowest BCUT2D eigenvalue weighted by molar-refractivity contribution is -0.120. The standard InChI is InChI=1S/C30H36N2O2/c1-4-5-8-22-13-19-25(20-14-22)32(21-23-15-17-24(18-16-23)31(2)3)30(34)28-11-6-10-27-26(28)9-7-12-29(27)33/h7,9,12-20,28,33H,4-6,8,10-11,21H2,1-3H3. The Morgan fingerprint density at radius 2 is 1.62 bits per heavy atom. The predicted octanol–water partition coefficient (Wildman–Crippen LogP) is 6.45. The fourth-order valence-electron chi connectivity index (χ4n) is 4.88. The van der Waals surface area contributed by atoms with E-state index in [4.69, 9.17) is 0 Å². The molecule has 1 unspecified atom stereocenters. The molecule has 34 heavy (non-hydrogen) atoms. The molecule has 0 fully saturated rings. The molecule has 0 saturated carbocycles. The summed E-state index contributed by atoms with van der Waals surface area (Å²) in [4.78, 5) is 18.1. The molecule has 3 aromatic rings. The van der Waals surface area contributed by atoms with Gasteiger partial charge < -0.3 is 14.9 Å². The van der Waals surface area contributed by atoms with Gasteiger partial charge in [-0.1, -0.05) is 49.7 Å². The second kappa shape index (κ2) is 10.8. The van der Waals surface area contributed by atoms with Crippen molar-refractivity contribution in [2.45, 2.75) is 57.9 Å². The van der Waals surface area contributed by atoms with Gasteiger partial charge in [-0.05, 0) is 84.7 Å². The summed E-state index contributed by atoms with van der Waals surface area (Å²) in [6, 6.07) is 22.5. The molecule has 4 rings (SSSR count). The maximum Gasteiger partial charge on any atom is 0.234 e. The normalized spacial score (nSPS) is 15.0. The zero-order valence-corrected chi connectivity index (χ0v) is 20.6. The maximum atomic E-state index is 14.0. The van der Waals surface area contributed by atoms with Gasteiger partial charge in [0.2, 0.25) is 5.91 Å². The molecular weight excluding hydrogens is 420 g/mol. The van der Waals surface area contributed by atoms with E-state index >= 15 is 0 Å². The molecule has 0 heterocycles. The van der Waals surface area contributed by atoms with E-state index in [2.05, 4.69) is 60.4 Å². The van der Waals surface area contributed by atoms with Crippen LogP contribution >= 0.6 is 0 Å². The Bertz CT molecular complexity index is 1100. The van der Waals surface area contributed by atoms with Crippen LogP contribution in [0.15, 0.2) is 66.7 Å². The van der Waals surface area contributed by atoms with Crippen LogP contribution < -0.4 is 9.80 Å². The van der Waals surface area contributed by atoms with Crippen LogP contribution in [-0.4, -0.2) is 25.1 Å². The van der Waals surface area contributed by atoms with Gasteiger partial charge in [0.15, 0.2) is 0 Å². The third kappa shape index (κ3) is 5.27. The van der Waals surface area contributed by atoms with Crippen LogP contribution in [0.3, 0.4) is 0 Å². The SMILES string of the molecule is CCCCc1ccc(N(Cc2ccc(N(C)C)cc2)C(=O)C2CCCc3c(O)cccc32)cc1. The monoisotopic (exact) mass is 456 g/mol. The zero-order valence-electron chi connectivity index (χ0n) is 20.6. The molecule has 0 saturated heterocycles.